The molecule has 1 aromatic carbocycles. The van der Waals surface area contributed by atoms with Crippen molar-refractivity contribution in [2.75, 3.05) is 5.73 Å². The molecule has 3 rings (SSSR count). The van der Waals surface area contributed by atoms with Crippen LogP contribution in [0.2, 0.25) is 0 Å². The van der Waals surface area contributed by atoms with Crippen molar-refractivity contribution in [3.8, 4) is 5.69 Å². The van der Waals surface area contributed by atoms with Crippen LogP contribution in [-0.4, -0.2) is 9.78 Å². The monoisotopic (exact) mass is 241 g/mol. The molecule has 0 spiro atoms. The summed E-state index contributed by atoms with van der Waals surface area (Å²) >= 11 is 0. The number of nitrogens with zero attached hydrogens (tertiary/aromatic N) is 2. The van der Waals surface area contributed by atoms with Crippen molar-refractivity contribution >= 4 is 5.82 Å². The van der Waals surface area contributed by atoms with Gasteiger partial charge in [-0.3, -0.25) is 0 Å². The van der Waals surface area contributed by atoms with E-state index in [1.807, 2.05) is 35.0 Å². The second kappa shape index (κ2) is 4.16. The average molecular weight is 241 g/mol. The van der Waals surface area contributed by atoms with Crippen molar-refractivity contribution in [1.29, 1.82) is 0 Å². The molecule has 3 nitrogen and oxygen atoms in total. The standard InChI is InChI=1S/C15H19N3/c1-10(12-8-9-12)14-11(2)15(16)18(17-14)13-6-4-3-5-7-13/h3-7,10,12H,8-9,16H2,1-2H3. The number of hydrogen-bond donors (Lipinski definition) is 1. The molecule has 1 fully saturated rings. The van der Waals surface area contributed by atoms with Crippen molar-refractivity contribution in [3.05, 3.63) is 41.6 Å². The number of nitrogens with two attached hydrogens (primary N) is 1. The third kappa shape index (κ3) is 1.80. The molecule has 2 aromatic rings. The number of benzene rings is 1. The van der Waals surface area contributed by atoms with E-state index in [-0.39, 0.29) is 0 Å². The van der Waals surface area contributed by atoms with E-state index < -0.39 is 0 Å². The molecular weight excluding hydrogens is 222 g/mol. The van der Waals surface area contributed by atoms with Crippen molar-refractivity contribution < 1.29 is 0 Å². The normalized spacial score (nSPS) is 16.8. The van der Waals surface area contributed by atoms with Crippen LogP contribution in [0.15, 0.2) is 30.3 Å². The Hall–Kier alpha value is -1.77. The molecule has 0 amide bonds. The molecule has 1 atom stereocenters. The Bertz CT molecular complexity index is 553. The first-order valence-electron chi connectivity index (χ1n) is 6.59. The zero-order chi connectivity index (χ0) is 12.7. The summed E-state index contributed by atoms with van der Waals surface area (Å²) in [5.41, 5.74) is 9.53. The Labute approximate surface area is 108 Å². The first-order valence-corrected chi connectivity index (χ1v) is 6.59. The van der Waals surface area contributed by atoms with E-state index in [9.17, 15) is 0 Å². The lowest BCUT2D eigenvalue weighted by molar-refractivity contribution is 0.629. The van der Waals surface area contributed by atoms with Gasteiger partial charge < -0.3 is 5.73 Å². The predicted octanol–water partition coefficient (Wildman–Crippen LogP) is 3.28. The molecule has 1 unspecified atom stereocenters. The van der Waals surface area contributed by atoms with E-state index in [1.54, 1.807) is 0 Å². The van der Waals surface area contributed by atoms with E-state index in [0.717, 1.165) is 23.0 Å². The van der Waals surface area contributed by atoms with Gasteiger partial charge in [0.2, 0.25) is 0 Å². The minimum Gasteiger partial charge on any atom is -0.383 e. The maximum atomic E-state index is 6.19. The highest BCUT2D eigenvalue weighted by Crippen LogP contribution is 2.43. The second-order valence-electron chi connectivity index (χ2n) is 5.27. The van der Waals surface area contributed by atoms with Crippen LogP contribution in [0.1, 0.15) is 36.9 Å². The van der Waals surface area contributed by atoms with Gasteiger partial charge in [-0.05, 0) is 37.8 Å². The maximum Gasteiger partial charge on any atom is 0.130 e. The zero-order valence-corrected chi connectivity index (χ0v) is 10.9. The van der Waals surface area contributed by atoms with E-state index in [0.29, 0.717) is 5.92 Å². The second-order valence-corrected chi connectivity index (χ2v) is 5.27. The van der Waals surface area contributed by atoms with Crippen LogP contribution in [0.25, 0.3) is 5.69 Å². The Balaban J connectivity index is 2.04. The predicted molar refractivity (Wildman–Crippen MR) is 73.9 cm³/mol. The van der Waals surface area contributed by atoms with E-state index in [4.69, 9.17) is 10.8 Å². The van der Waals surface area contributed by atoms with Crippen LogP contribution in [0.4, 0.5) is 5.82 Å². The summed E-state index contributed by atoms with van der Waals surface area (Å²) < 4.78 is 1.86. The first kappa shape index (κ1) is 11.3. The van der Waals surface area contributed by atoms with E-state index >= 15 is 0 Å². The number of nitrogen functional groups attached to an aromatic ring is 1. The molecule has 0 saturated heterocycles. The van der Waals surface area contributed by atoms with Gasteiger partial charge in [0.25, 0.3) is 0 Å². The van der Waals surface area contributed by atoms with Gasteiger partial charge in [0.15, 0.2) is 0 Å². The molecule has 0 bridgehead atoms. The molecule has 0 radical (unpaired) electrons. The van der Waals surface area contributed by atoms with Crippen molar-refractivity contribution in [2.45, 2.75) is 32.6 Å². The number of hydrogen-bond acceptors (Lipinski definition) is 2. The molecule has 94 valence electrons. The topological polar surface area (TPSA) is 43.8 Å². The highest BCUT2D eigenvalue weighted by molar-refractivity contribution is 5.50. The molecule has 2 N–H and O–H groups in total. The number of para-hydroxylation sites is 1. The van der Waals surface area contributed by atoms with Crippen LogP contribution in [-0.2, 0) is 0 Å². The summed E-state index contributed by atoms with van der Waals surface area (Å²) in [6, 6.07) is 10.1. The molecule has 1 aliphatic carbocycles. The van der Waals surface area contributed by atoms with Gasteiger partial charge in [-0.1, -0.05) is 25.1 Å². The van der Waals surface area contributed by atoms with Gasteiger partial charge in [0, 0.05) is 11.5 Å². The number of aromatic nitrogens is 2. The van der Waals surface area contributed by atoms with Crippen LogP contribution < -0.4 is 5.73 Å². The molecule has 3 heteroatoms. The fraction of sp³-hybridized carbons (Fsp3) is 0.400. The summed E-state index contributed by atoms with van der Waals surface area (Å²) in [6.45, 7) is 4.34. The first-order chi connectivity index (χ1) is 8.68. The average Bonchev–Trinajstić information content (AvgIpc) is 3.19. The quantitative estimate of drug-likeness (QED) is 0.896. The third-order valence-electron chi connectivity index (χ3n) is 3.97. The van der Waals surface area contributed by atoms with Crippen LogP contribution in [0.5, 0.6) is 0 Å². The summed E-state index contributed by atoms with van der Waals surface area (Å²) in [4.78, 5) is 0. The summed E-state index contributed by atoms with van der Waals surface area (Å²) in [5, 5.41) is 4.73. The molecule has 1 aromatic heterocycles. The van der Waals surface area contributed by atoms with Crippen LogP contribution in [0, 0.1) is 12.8 Å². The largest absolute Gasteiger partial charge is 0.383 e. The smallest absolute Gasteiger partial charge is 0.130 e. The van der Waals surface area contributed by atoms with Crippen molar-refractivity contribution in [3.63, 3.8) is 0 Å². The molecule has 18 heavy (non-hydrogen) atoms. The van der Waals surface area contributed by atoms with Gasteiger partial charge in [0.1, 0.15) is 5.82 Å². The molecular formula is C15H19N3. The molecule has 0 aliphatic heterocycles. The fourth-order valence-electron chi connectivity index (χ4n) is 2.54. The lowest BCUT2D eigenvalue weighted by Crippen LogP contribution is -2.02. The highest BCUT2D eigenvalue weighted by Gasteiger charge is 2.32. The lowest BCUT2D eigenvalue weighted by atomic mass is 9.99. The molecule has 1 heterocycles. The van der Waals surface area contributed by atoms with Gasteiger partial charge >= 0.3 is 0 Å². The minimum atomic E-state index is 0.525. The minimum absolute atomic E-state index is 0.525. The molecule has 1 aliphatic rings. The van der Waals surface area contributed by atoms with Gasteiger partial charge in [-0.2, -0.15) is 5.10 Å². The zero-order valence-electron chi connectivity index (χ0n) is 10.9. The Kier molecular flexibility index (Phi) is 2.62. The Morgan fingerprint density at radius 2 is 1.94 bits per heavy atom. The van der Waals surface area contributed by atoms with Crippen molar-refractivity contribution in [2.24, 2.45) is 5.92 Å². The summed E-state index contributed by atoms with van der Waals surface area (Å²) in [7, 11) is 0. The van der Waals surface area contributed by atoms with Crippen LogP contribution in [0.3, 0.4) is 0 Å². The van der Waals surface area contributed by atoms with Gasteiger partial charge in [-0.25, -0.2) is 4.68 Å². The van der Waals surface area contributed by atoms with E-state index in [1.165, 1.54) is 18.5 Å². The number of anilines is 1. The Morgan fingerprint density at radius 3 is 2.56 bits per heavy atom. The van der Waals surface area contributed by atoms with Gasteiger partial charge in [0.05, 0.1) is 11.4 Å². The summed E-state index contributed by atoms with van der Waals surface area (Å²) in [5.74, 6) is 2.10. The maximum absolute atomic E-state index is 6.19. The third-order valence-corrected chi connectivity index (χ3v) is 3.97. The van der Waals surface area contributed by atoms with Gasteiger partial charge in [-0.15, -0.1) is 0 Å². The van der Waals surface area contributed by atoms with Crippen molar-refractivity contribution in [1.82, 2.24) is 9.78 Å². The number of rotatable bonds is 3. The summed E-state index contributed by atoms with van der Waals surface area (Å²) in [6.07, 6.45) is 2.66. The fourth-order valence-corrected chi connectivity index (χ4v) is 2.54. The highest BCUT2D eigenvalue weighted by atomic mass is 15.3. The lowest BCUT2D eigenvalue weighted by Gasteiger charge is -2.06. The molecule has 1 saturated carbocycles. The SMILES string of the molecule is Cc1c(C(C)C2CC2)nn(-c2ccccc2)c1N. The Morgan fingerprint density at radius 1 is 1.28 bits per heavy atom. The van der Waals surface area contributed by atoms with E-state index in [2.05, 4.69) is 13.8 Å². The van der Waals surface area contributed by atoms with Crippen LogP contribution >= 0.6 is 0 Å².